The summed E-state index contributed by atoms with van der Waals surface area (Å²) in [7, 11) is 1.69. The van der Waals surface area contributed by atoms with Gasteiger partial charge in [0.05, 0.1) is 18.4 Å². The van der Waals surface area contributed by atoms with Gasteiger partial charge in [0.2, 0.25) is 0 Å². The third kappa shape index (κ3) is 4.01. The topological polar surface area (TPSA) is 51.5 Å². The molecule has 2 aromatic heterocycles. The highest BCUT2D eigenvalue weighted by molar-refractivity contribution is 5.84. The molecule has 1 atom stereocenters. The highest BCUT2D eigenvalue weighted by Gasteiger charge is 2.19. The van der Waals surface area contributed by atoms with Gasteiger partial charge in [-0.1, -0.05) is 48.5 Å². The molecule has 2 heterocycles. The maximum absolute atomic E-state index is 5.59. The van der Waals surface area contributed by atoms with E-state index in [1.165, 1.54) is 5.56 Å². The second-order valence-electron chi connectivity index (χ2n) is 7.75. The maximum atomic E-state index is 5.59. The van der Waals surface area contributed by atoms with Crippen LogP contribution >= 0.6 is 0 Å². The molecule has 2 aromatic carbocycles. The Hall–Kier alpha value is -3.34. The third-order valence-electron chi connectivity index (χ3n) is 5.37. The van der Waals surface area contributed by atoms with Crippen LogP contribution < -0.4 is 10.1 Å². The summed E-state index contributed by atoms with van der Waals surface area (Å²) in [6, 6.07) is 21.0. The first kappa shape index (κ1) is 20.0. The van der Waals surface area contributed by atoms with Gasteiger partial charge in [0.15, 0.2) is 5.65 Å². The van der Waals surface area contributed by atoms with E-state index in [9.17, 15) is 0 Å². The smallest absolute Gasteiger partial charge is 0.165 e. The molecular formula is C25H28N4O. The van der Waals surface area contributed by atoms with Gasteiger partial charge >= 0.3 is 0 Å². The van der Waals surface area contributed by atoms with Gasteiger partial charge in [-0.2, -0.15) is 9.61 Å². The van der Waals surface area contributed by atoms with Crippen LogP contribution in [-0.4, -0.2) is 27.7 Å². The van der Waals surface area contributed by atoms with Crippen LogP contribution in [0.15, 0.2) is 60.7 Å². The number of fused-ring (bicyclic) bond motifs is 1. The molecule has 0 spiro atoms. The molecule has 0 amide bonds. The Morgan fingerprint density at radius 2 is 1.77 bits per heavy atom. The lowest BCUT2D eigenvalue weighted by atomic mass is 10.0. The summed E-state index contributed by atoms with van der Waals surface area (Å²) in [4.78, 5) is 4.81. The SMILES string of the molecule is COc1ccccc1-c1c(C)nn2c(NC(C)CCc3ccccc3)cc(C)nc12. The van der Waals surface area contributed by atoms with E-state index in [1.807, 2.05) is 36.6 Å². The molecule has 0 saturated heterocycles. The van der Waals surface area contributed by atoms with Crippen LogP contribution in [0.4, 0.5) is 5.82 Å². The fourth-order valence-corrected chi connectivity index (χ4v) is 3.87. The molecule has 0 aliphatic carbocycles. The van der Waals surface area contributed by atoms with Crippen molar-refractivity contribution in [2.24, 2.45) is 0 Å². The number of para-hydroxylation sites is 1. The Balaban J connectivity index is 1.66. The van der Waals surface area contributed by atoms with Gasteiger partial charge < -0.3 is 10.1 Å². The molecular weight excluding hydrogens is 372 g/mol. The van der Waals surface area contributed by atoms with Crippen molar-refractivity contribution >= 4 is 11.5 Å². The van der Waals surface area contributed by atoms with E-state index in [1.54, 1.807) is 7.11 Å². The largest absolute Gasteiger partial charge is 0.496 e. The predicted octanol–water partition coefficient (Wildman–Crippen LogP) is 5.45. The number of methoxy groups -OCH3 is 1. The summed E-state index contributed by atoms with van der Waals surface area (Å²) in [6.45, 7) is 6.25. The molecule has 5 nitrogen and oxygen atoms in total. The van der Waals surface area contributed by atoms with Crippen molar-refractivity contribution in [1.82, 2.24) is 14.6 Å². The first-order valence-corrected chi connectivity index (χ1v) is 10.4. The van der Waals surface area contributed by atoms with E-state index in [0.717, 1.165) is 52.6 Å². The fourth-order valence-electron chi connectivity index (χ4n) is 3.87. The van der Waals surface area contributed by atoms with Crippen LogP contribution in [0.5, 0.6) is 5.75 Å². The summed E-state index contributed by atoms with van der Waals surface area (Å²) >= 11 is 0. The van der Waals surface area contributed by atoms with E-state index < -0.39 is 0 Å². The third-order valence-corrected chi connectivity index (χ3v) is 5.37. The van der Waals surface area contributed by atoms with E-state index in [-0.39, 0.29) is 0 Å². The van der Waals surface area contributed by atoms with E-state index in [0.29, 0.717) is 6.04 Å². The predicted molar refractivity (Wildman–Crippen MR) is 122 cm³/mol. The Labute approximate surface area is 177 Å². The lowest BCUT2D eigenvalue weighted by Crippen LogP contribution is -2.18. The first-order chi connectivity index (χ1) is 14.6. The number of hydrogen-bond acceptors (Lipinski definition) is 4. The van der Waals surface area contributed by atoms with E-state index >= 15 is 0 Å². The van der Waals surface area contributed by atoms with Crippen LogP contribution in [-0.2, 0) is 6.42 Å². The van der Waals surface area contributed by atoms with Crippen molar-refractivity contribution < 1.29 is 4.74 Å². The first-order valence-electron chi connectivity index (χ1n) is 10.4. The number of benzene rings is 2. The van der Waals surface area contributed by atoms with Gasteiger partial charge in [-0.05, 0) is 45.2 Å². The fraction of sp³-hybridized carbons (Fsp3) is 0.280. The lowest BCUT2D eigenvalue weighted by molar-refractivity contribution is 0.416. The lowest BCUT2D eigenvalue weighted by Gasteiger charge is -2.16. The van der Waals surface area contributed by atoms with Gasteiger partial charge in [-0.3, -0.25) is 0 Å². The van der Waals surface area contributed by atoms with Crippen LogP contribution in [0.2, 0.25) is 0 Å². The molecule has 0 saturated carbocycles. The molecule has 0 aliphatic heterocycles. The zero-order valence-electron chi connectivity index (χ0n) is 18.0. The molecule has 0 bridgehead atoms. The standard InChI is InChI=1S/C25H28N4O/c1-17(14-15-20-10-6-5-7-11-20)26-23-16-18(2)27-25-24(19(3)28-29(23)25)21-12-8-9-13-22(21)30-4/h5-13,16-17,26H,14-15H2,1-4H3. The van der Waals surface area contributed by atoms with Crippen molar-refractivity contribution in [3.05, 3.63) is 77.6 Å². The van der Waals surface area contributed by atoms with Crippen LogP contribution in [0, 0.1) is 13.8 Å². The van der Waals surface area contributed by atoms with Gasteiger partial charge in [0.25, 0.3) is 0 Å². The van der Waals surface area contributed by atoms with Crippen molar-refractivity contribution in [1.29, 1.82) is 0 Å². The van der Waals surface area contributed by atoms with Gasteiger partial charge in [0, 0.05) is 23.4 Å². The Morgan fingerprint density at radius 3 is 2.53 bits per heavy atom. The second-order valence-corrected chi connectivity index (χ2v) is 7.75. The summed E-state index contributed by atoms with van der Waals surface area (Å²) in [6.07, 6.45) is 2.07. The van der Waals surface area contributed by atoms with Crippen molar-refractivity contribution in [3.63, 3.8) is 0 Å². The monoisotopic (exact) mass is 400 g/mol. The van der Waals surface area contributed by atoms with Gasteiger partial charge in [-0.25, -0.2) is 4.98 Å². The minimum absolute atomic E-state index is 0.300. The number of anilines is 1. The molecule has 30 heavy (non-hydrogen) atoms. The van der Waals surface area contributed by atoms with E-state index in [4.69, 9.17) is 14.8 Å². The molecule has 0 aliphatic rings. The van der Waals surface area contributed by atoms with Crippen molar-refractivity contribution in [3.8, 4) is 16.9 Å². The highest BCUT2D eigenvalue weighted by Crippen LogP contribution is 2.35. The minimum Gasteiger partial charge on any atom is -0.496 e. The zero-order valence-corrected chi connectivity index (χ0v) is 18.0. The number of aromatic nitrogens is 3. The summed E-state index contributed by atoms with van der Waals surface area (Å²) in [5.74, 6) is 1.78. The number of nitrogens with zero attached hydrogens (tertiary/aromatic N) is 3. The number of nitrogens with one attached hydrogen (secondary N) is 1. The summed E-state index contributed by atoms with van der Waals surface area (Å²) in [5.41, 5.74) is 6.10. The quantitative estimate of drug-likeness (QED) is 0.448. The van der Waals surface area contributed by atoms with Crippen LogP contribution in [0.25, 0.3) is 16.8 Å². The molecule has 0 radical (unpaired) electrons. The molecule has 4 aromatic rings. The normalized spacial score (nSPS) is 12.1. The molecule has 1 unspecified atom stereocenters. The average Bonchev–Trinajstić information content (AvgIpc) is 3.08. The second kappa shape index (κ2) is 8.57. The van der Waals surface area contributed by atoms with Crippen LogP contribution in [0.3, 0.4) is 0 Å². The minimum atomic E-state index is 0.300. The Morgan fingerprint density at radius 1 is 1.03 bits per heavy atom. The summed E-state index contributed by atoms with van der Waals surface area (Å²) < 4.78 is 7.51. The molecule has 1 N–H and O–H groups in total. The molecule has 154 valence electrons. The Kier molecular flexibility index (Phi) is 5.70. The van der Waals surface area contributed by atoms with E-state index in [2.05, 4.69) is 54.7 Å². The van der Waals surface area contributed by atoms with Gasteiger partial charge in [-0.15, -0.1) is 0 Å². The number of rotatable bonds is 7. The number of ether oxygens (including phenoxy) is 1. The average molecular weight is 401 g/mol. The van der Waals surface area contributed by atoms with Gasteiger partial charge in [0.1, 0.15) is 11.6 Å². The maximum Gasteiger partial charge on any atom is 0.165 e. The highest BCUT2D eigenvalue weighted by atomic mass is 16.5. The number of aryl methyl sites for hydroxylation is 3. The molecule has 5 heteroatoms. The zero-order chi connectivity index (χ0) is 21.1. The molecule has 0 fully saturated rings. The molecule has 4 rings (SSSR count). The number of hydrogen-bond donors (Lipinski definition) is 1. The van der Waals surface area contributed by atoms with Crippen LogP contribution in [0.1, 0.15) is 30.3 Å². The summed E-state index contributed by atoms with van der Waals surface area (Å²) in [5, 5.41) is 8.46. The van der Waals surface area contributed by atoms with Crippen molar-refractivity contribution in [2.45, 2.75) is 39.7 Å². The van der Waals surface area contributed by atoms with Crippen molar-refractivity contribution in [2.75, 3.05) is 12.4 Å². The Bertz CT molecular complexity index is 1150.